The van der Waals surface area contributed by atoms with Gasteiger partial charge in [-0.25, -0.2) is 4.68 Å². The maximum absolute atomic E-state index is 9.23. The summed E-state index contributed by atoms with van der Waals surface area (Å²) < 4.78 is 1.69. The van der Waals surface area contributed by atoms with Gasteiger partial charge in [-0.2, -0.15) is 0 Å². The maximum atomic E-state index is 9.23. The number of nitrogens with zero attached hydrogens (tertiary/aromatic N) is 4. The van der Waals surface area contributed by atoms with Gasteiger partial charge in [0.1, 0.15) is 0 Å². The summed E-state index contributed by atoms with van der Waals surface area (Å²) in [7, 11) is 0. The molecule has 1 aromatic heterocycles. The molecule has 0 amide bonds. The number of aliphatic hydroxyl groups is 2. The predicted molar refractivity (Wildman–Crippen MR) is 64.8 cm³/mol. The van der Waals surface area contributed by atoms with E-state index in [1.807, 2.05) is 0 Å². The Labute approximate surface area is 105 Å². The van der Waals surface area contributed by atoms with Crippen LogP contribution in [-0.4, -0.2) is 62.0 Å². The van der Waals surface area contributed by atoms with Gasteiger partial charge < -0.3 is 15.5 Å². The third-order valence-electron chi connectivity index (χ3n) is 2.04. The van der Waals surface area contributed by atoms with Gasteiger partial charge in [0.2, 0.25) is 5.16 Å². The average Bonchev–Trinajstić information content (AvgIpc) is 2.79. The summed E-state index contributed by atoms with van der Waals surface area (Å²) >= 11 is 1.34. The molecule has 8 heteroatoms. The van der Waals surface area contributed by atoms with Gasteiger partial charge in [-0.3, -0.25) is 0 Å². The second kappa shape index (κ2) is 8.40. The molecule has 1 rings (SSSR count). The first-order valence-corrected chi connectivity index (χ1v) is 6.65. The van der Waals surface area contributed by atoms with Crippen LogP contribution in [0.25, 0.3) is 0 Å². The minimum absolute atomic E-state index is 0.243. The van der Waals surface area contributed by atoms with E-state index in [4.69, 9.17) is 5.11 Å². The van der Waals surface area contributed by atoms with E-state index in [-0.39, 0.29) is 6.61 Å². The fraction of sp³-hybridized carbons (Fsp3) is 0.889. The highest BCUT2D eigenvalue weighted by Gasteiger charge is 2.09. The van der Waals surface area contributed by atoms with Crippen LogP contribution in [0.1, 0.15) is 13.3 Å². The minimum atomic E-state index is -0.733. The van der Waals surface area contributed by atoms with Gasteiger partial charge in [-0.05, 0) is 23.4 Å². The van der Waals surface area contributed by atoms with E-state index in [2.05, 4.69) is 27.8 Å². The van der Waals surface area contributed by atoms with E-state index in [0.29, 0.717) is 17.5 Å². The predicted octanol–water partition coefficient (Wildman–Crippen LogP) is -0.882. The summed E-state index contributed by atoms with van der Waals surface area (Å²) in [5.74, 6) is 0.388. The van der Waals surface area contributed by atoms with Crippen molar-refractivity contribution in [3.05, 3.63) is 0 Å². The van der Waals surface area contributed by atoms with Gasteiger partial charge in [0, 0.05) is 12.3 Å². The molecule has 0 saturated carbocycles. The molecule has 0 radical (unpaired) electrons. The number of tetrazole rings is 1. The standard InChI is InChI=1S/C9H19N5O2S/c1-2-3-10-4-5-14-9(11-12-13-14)17-7-8(16)6-15/h8,10,15-16H,2-7H2,1H3. The fourth-order valence-electron chi connectivity index (χ4n) is 1.15. The van der Waals surface area contributed by atoms with E-state index < -0.39 is 6.10 Å². The largest absolute Gasteiger partial charge is 0.394 e. The number of hydrogen-bond donors (Lipinski definition) is 3. The van der Waals surface area contributed by atoms with Crippen molar-refractivity contribution in [2.45, 2.75) is 31.1 Å². The summed E-state index contributed by atoms with van der Waals surface area (Å²) in [5.41, 5.74) is 0. The quantitative estimate of drug-likeness (QED) is 0.392. The van der Waals surface area contributed by atoms with Crippen molar-refractivity contribution >= 4 is 11.8 Å². The van der Waals surface area contributed by atoms with Crippen molar-refractivity contribution in [1.29, 1.82) is 0 Å². The van der Waals surface area contributed by atoms with Crippen molar-refractivity contribution in [3.63, 3.8) is 0 Å². The van der Waals surface area contributed by atoms with Crippen LogP contribution >= 0.6 is 11.8 Å². The molecule has 0 aliphatic rings. The Bertz CT molecular complexity index is 309. The molecule has 1 atom stereocenters. The van der Waals surface area contributed by atoms with E-state index >= 15 is 0 Å². The van der Waals surface area contributed by atoms with Gasteiger partial charge in [-0.1, -0.05) is 18.7 Å². The number of aromatic nitrogens is 4. The topological polar surface area (TPSA) is 96.1 Å². The molecule has 1 heterocycles. The monoisotopic (exact) mass is 261 g/mol. The third-order valence-corrected chi connectivity index (χ3v) is 3.14. The van der Waals surface area contributed by atoms with Gasteiger partial charge in [0.25, 0.3) is 0 Å². The third kappa shape index (κ3) is 5.44. The lowest BCUT2D eigenvalue weighted by Crippen LogP contribution is -2.22. The molecule has 98 valence electrons. The Morgan fingerprint density at radius 1 is 1.47 bits per heavy atom. The molecule has 0 fully saturated rings. The first-order chi connectivity index (χ1) is 8.27. The van der Waals surface area contributed by atoms with Crippen LogP contribution in [0.4, 0.5) is 0 Å². The fourth-order valence-corrected chi connectivity index (χ4v) is 1.97. The first kappa shape index (κ1) is 14.4. The normalized spacial score (nSPS) is 12.9. The van der Waals surface area contributed by atoms with Crippen LogP contribution in [0.3, 0.4) is 0 Å². The number of hydrogen-bond acceptors (Lipinski definition) is 7. The summed E-state index contributed by atoms with van der Waals surface area (Å²) in [6, 6.07) is 0. The Morgan fingerprint density at radius 2 is 2.29 bits per heavy atom. The lowest BCUT2D eigenvalue weighted by atomic mass is 10.4. The molecular formula is C9H19N5O2S. The van der Waals surface area contributed by atoms with Gasteiger partial charge in [0.15, 0.2) is 0 Å². The molecule has 0 saturated heterocycles. The van der Waals surface area contributed by atoms with Gasteiger partial charge in [-0.15, -0.1) is 5.10 Å². The van der Waals surface area contributed by atoms with E-state index in [9.17, 15) is 5.11 Å². The van der Waals surface area contributed by atoms with Crippen LogP contribution in [0.15, 0.2) is 5.16 Å². The number of thioether (sulfide) groups is 1. The molecule has 0 aromatic carbocycles. The Balaban J connectivity index is 2.32. The van der Waals surface area contributed by atoms with Crippen molar-refractivity contribution in [2.75, 3.05) is 25.4 Å². The zero-order chi connectivity index (χ0) is 12.5. The highest BCUT2D eigenvalue weighted by molar-refractivity contribution is 7.99. The van der Waals surface area contributed by atoms with Gasteiger partial charge >= 0.3 is 0 Å². The summed E-state index contributed by atoms with van der Waals surface area (Å²) in [6.45, 7) is 4.36. The molecule has 0 spiro atoms. The summed E-state index contributed by atoms with van der Waals surface area (Å²) in [4.78, 5) is 0. The highest BCUT2D eigenvalue weighted by atomic mass is 32.2. The molecule has 0 aliphatic carbocycles. The second-order valence-electron chi connectivity index (χ2n) is 3.58. The van der Waals surface area contributed by atoms with Crippen molar-refractivity contribution in [3.8, 4) is 0 Å². The van der Waals surface area contributed by atoms with E-state index in [0.717, 1.165) is 19.5 Å². The zero-order valence-electron chi connectivity index (χ0n) is 9.91. The molecule has 7 nitrogen and oxygen atoms in total. The summed E-state index contributed by atoms with van der Waals surface area (Å²) in [5, 5.41) is 33.2. The molecule has 1 unspecified atom stereocenters. The smallest absolute Gasteiger partial charge is 0.209 e. The number of aliphatic hydroxyl groups excluding tert-OH is 2. The Kier molecular flexibility index (Phi) is 7.10. The van der Waals surface area contributed by atoms with Crippen LogP contribution in [-0.2, 0) is 6.54 Å². The van der Waals surface area contributed by atoms with Crippen molar-refractivity contribution in [2.24, 2.45) is 0 Å². The first-order valence-electron chi connectivity index (χ1n) is 5.66. The Hall–Kier alpha value is -0.700. The minimum Gasteiger partial charge on any atom is -0.394 e. The lowest BCUT2D eigenvalue weighted by molar-refractivity contribution is 0.113. The zero-order valence-corrected chi connectivity index (χ0v) is 10.7. The number of nitrogens with one attached hydrogen (secondary N) is 1. The second-order valence-corrected chi connectivity index (χ2v) is 4.57. The van der Waals surface area contributed by atoms with E-state index in [1.165, 1.54) is 11.8 Å². The van der Waals surface area contributed by atoms with E-state index in [1.54, 1.807) is 4.68 Å². The van der Waals surface area contributed by atoms with Crippen LogP contribution in [0, 0.1) is 0 Å². The molecule has 0 bridgehead atoms. The van der Waals surface area contributed by atoms with Crippen LogP contribution in [0.2, 0.25) is 0 Å². The van der Waals surface area contributed by atoms with Crippen LogP contribution < -0.4 is 5.32 Å². The molecule has 3 N–H and O–H groups in total. The lowest BCUT2D eigenvalue weighted by Gasteiger charge is -2.07. The van der Waals surface area contributed by atoms with Crippen molar-refractivity contribution in [1.82, 2.24) is 25.5 Å². The molecular weight excluding hydrogens is 242 g/mol. The number of rotatable bonds is 9. The molecule has 0 aliphatic heterocycles. The highest BCUT2D eigenvalue weighted by Crippen LogP contribution is 2.14. The Morgan fingerprint density at radius 3 is 3.00 bits per heavy atom. The van der Waals surface area contributed by atoms with Crippen molar-refractivity contribution < 1.29 is 10.2 Å². The summed E-state index contributed by atoms with van der Waals surface area (Å²) in [6.07, 6.45) is 0.364. The maximum Gasteiger partial charge on any atom is 0.209 e. The van der Waals surface area contributed by atoms with Gasteiger partial charge in [0.05, 0.1) is 19.3 Å². The molecule has 1 aromatic rings. The van der Waals surface area contributed by atoms with Crippen LogP contribution in [0.5, 0.6) is 0 Å². The molecule has 17 heavy (non-hydrogen) atoms. The average molecular weight is 261 g/mol. The SMILES string of the molecule is CCCNCCn1nnnc1SCC(O)CO.